The van der Waals surface area contributed by atoms with Crippen molar-refractivity contribution in [2.75, 3.05) is 0 Å². The summed E-state index contributed by atoms with van der Waals surface area (Å²) < 4.78 is 22.7. The lowest BCUT2D eigenvalue weighted by molar-refractivity contribution is -0.0111. The smallest absolute Gasteiger partial charge is 0.339 e. The molecule has 1 heterocycles. The normalized spacial score (nSPS) is 17.9. The van der Waals surface area contributed by atoms with Crippen molar-refractivity contribution in [3.63, 3.8) is 0 Å². The molecule has 0 fully saturated rings. The summed E-state index contributed by atoms with van der Waals surface area (Å²) in [7, 11) is -0.200. The molecule has 0 N–H and O–H groups in total. The van der Waals surface area contributed by atoms with Crippen molar-refractivity contribution in [1.82, 2.24) is 0 Å². The molecule has 0 aliphatic heterocycles. The number of benzene rings is 4. The van der Waals surface area contributed by atoms with Crippen molar-refractivity contribution < 1.29 is 13.9 Å². The fourth-order valence-electron chi connectivity index (χ4n) is 5.02. The van der Waals surface area contributed by atoms with Crippen LogP contribution in [-0.2, 0) is 16.8 Å². The third kappa shape index (κ3) is 3.17. The Morgan fingerprint density at radius 3 is 2.48 bits per heavy atom. The minimum absolute atomic E-state index is 0.200. The zero-order chi connectivity index (χ0) is 22.6. The molecule has 0 radical (unpaired) electrons. The summed E-state index contributed by atoms with van der Waals surface area (Å²) >= 11 is 0. The van der Waals surface area contributed by atoms with Gasteiger partial charge in [-0.2, -0.15) is 0 Å². The predicted octanol–water partition coefficient (Wildman–Crippen LogP) is 7.89. The first kappa shape index (κ1) is 20.1. The van der Waals surface area contributed by atoms with Crippen molar-refractivity contribution in [1.29, 1.82) is 0 Å². The maximum Gasteiger partial charge on any atom is 0.339 e. The molecule has 0 saturated carbocycles. The van der Waals surface area contributed by atoms with E-state index in [0.29, 0.717) is 24.0 Å². The molecule has 162 valence electrons. The second-order valence-electron chi connectivity index (χ2n) is 8.71. The highest BCUT2D eigenvalue weighted by atomic mass is 32.2. The number of ether oxygens (including phenoxy) is 1. The Morgan fingerprint density at radius 2 is 1.64 bits per heavy atom. The molecular formula is C29H22FO2S+. The molecular weight excluding hydrogens is 431 g/mol. The summed E-state index contributed by atoms with van der Waals surface area (Å²) in [5, 5.41) is 2.24. The minimum Gasteiger partial charge on any atom is -0.451 e. The van der Waals surface area contributed by atoms with E-state index >= 15 is 0 Å². The van der Waals surface area contributed by atoms with Crippen LogP contribution in [0.4, 0.5) is 4.39 Å². The highest BCUT2D eigenvalue weighted by Gasteiger charge is 2.39. The van der Waals surface area contributed by atoms with E-state index in [0.717, 1.165) is 16.3 Å². The van der Waals surface area contributed by atoms with Gasteiger partial charge in [0.2, 0.25) is 0 Å². The van der Waals surface area contributed by atoms with Crippen molar-refractivity contribution in [3.05, 3.63) is 114 Å². The lowest BCUT2D eigenvalue weighted by Gasteiger charge is -2.26. The Kier molecular flexibility index (Phi) is 4.59. The molecule has 5 aromatic rings. The maximum absolute atomic E-state index is 14.2. The van der Waals surface area contributed by atoms with Crippen molar-refractivity contribution in [3.8, 4) is 4.90 Å². The molecule has 0 spiro atoms. The zero-order valence-electron chi connectivity index (χ0n) is 18.2. The number of thiophene rings is 1. The molecule has 1 aliphatic carbocycles. The second-order valence-corrected chi connectivity index (χ2v) is 10.7. The number of fused-ring (bicyclic) bond motifs is 4. The molecule has 6 rings (SSSR count). The third-order valence-corrected chi connectivity index (χ3v) is 9.01. The van der Waals surface area contributed by atoms with E-state index < -0.39 is 5.60 Å². The average molecular weight is 454 g/mol. The fraction of sp³-hybridized carbons (Fsp3) is 0.138. The van der Waals surface area contributed by atoms with Gasteiger partial charge in [-0.1, -0.05) is 42.5 Å². The predicted molar refractivity (Wildman–Crippen MR) is 133 cm³/mol. The van der Waals surface area contributed by atoms with Gasteiger partial charge < -0.3 is 4.74 Å². The first-order valence-electron chi connectivity index (χ1n) is 11.1. The van der Waals surface area contributed by atoms with Gasteiger partial charge >= 0.3 is 5.97 Å². The van der Waals surface area contributed by atoms with Crippen LogP contribution in [0.2, 0.25) is 0 Å². The third-order valence-electron chi connectivity index (χ3n) is 6.67. The summed E-state index contributed by atoms with van der Waals surface area (Å²) in [5.74, 6) is -0.601. The number of hydrogen-bond acceptors (Lipinski definition) is 2. The molecule has 0 saturated heterocycles. The van der Waals surface area contributed by atoms with E-state index in [2.05, 4.69) is 48.5 Å². The number of rotatable bonds is 3. The van der Waals surface area contributed by atoms with Gasteiger partial charge in [-0.05, 0) is 73.9 Å². The van der Waals surface area contributed by atoms with E-state index in [9.17, 15) is 9.18 Å². The summed E-state index contributed by atoms with van der Waals surface area (Å²) in [4.78, 5) is 14.5. The number of hydrogen-bond donors (Lipinski definition) is 0. The summed E-state index contributed by atoms with van der Waals surface area (Å²) in [6.45, 7) is 1.88. The molecule has 0 bridgehead atoms. The van der Waals surface area contributed by atoms with Crippen LogP contribution in [0.1, 0.15) is 34.8 Å². The van der Waals surface area contributed by atoms with Gasteiger partial charge in [0.15, 0.2) is 14.3 Å². The Labute approximate surface area is 194 Å². The average Bonchev–Trinajstić information content (AvgIpc) is 3.35. The van der Waals surface area contributed by atoms with Crippen LogP contribution in [0.15, 0.2) is 91.0 Å². The van der Waals surface area contributed by atoms with E-state index in [4.69, 9.17) is 4.74 Å². The van der Waals surface area contributed by atoms with Gasteiger partial charge in [-0.25, -0.2) is 9.18 Å². The number of halogens is 1. The van der Waals surface area contributed by atoms with Crippen molar-refractivity contribution in [2.45, 2.75) is 25.4 Å². The Morgan fingerprint density at radius 1 is 0.879 bits per heavy atom. The number of carbonyl (C=O) groups is 1. The lowest BCUT2D eigenvalue weighted by atomic mass is 9.98. The van der Waals surface area contributed by atoms with E-state index in [-0.39, 0.29) is 22.3 Å². The molecule has 2 unspecified atom stereocenters. The van der Waals surface area contributed by atoms with Gasteiger partial charge in [0, 0.05) is 26.8 Å². The monoisotopic (exact) mass is 453 g/mol. The molecule has 0 amide bonds. The van der Waals surface area contributed by atoms with Gasteiger partial charge in [0.05, 0.1) is 5.56 Å². The first-order chi connectivity index (χ1) is 16.0. The van der Waals surface area contributed by atoms with E-state index in [1.807, 2.05) is 37.3 Å². The molecule has 4 aromatic carbocycles. The lowest BCUT2D eigenvalue weighted by Crippen LogP contribution is -2.26. The Bertz CT molecular complexity index is 1540. The van der Waals surface area contributed by atoms with Crippen LogP contribution in [0.25, 0.3) is 25.1 Å². The largest absolute Gasteiger partial charge is 0.451 e. The van der Waals surface area contributed by atoms with Gasteiger partial charge in [0.1, 0.15) is 11.4 Å². The van der Waals surface area contributed by atoms with E-state index in [1.54, 1.807) is 6.07 Å². The van der Waals surface area contributed by atoms with E-state index in [1.165, 1.54) is 20.4 Å². The van der Waals surface area contributed by atoms with Crippen LogP contribution >= 0.6 is 10.5 Å². The second kappa shape index (κ2) is 7.53. The van der Waals surface area contributed by atoms with Gasteiger partial charge in [0.25, 0.3) is 0 Å². The fourth-order valence-corrected chi connectivity index (χ4v) is 7.40. The number of esters is 1. The van der Waals surface area contributed by atoms with Gasteiger partial charge in [-0.3, -0.25) is 0 Å². The summed E-state index contributed by atoms with van der Waals surface area (Å²) in [6.07, 6.45) is 1.16. The molecule has 4 heteroatoms. The Hall–Kier alpha value is -3.50. The molecule has 1 aliphatic rings. The van der Waals surface area contributed by atoms with Crippen LogP contribution in [0.5, 0.6) is 0 Å². The summed E-state index contributed by atoms with van der Waals surface area (Å²) in [6, 6.07) is 29.8. The van der Waals surface area contributed by atoms with Crippen LogP contribution in [0.3, 0.4) is 0 Å². The van der Waals surface area contributed by atoms with Crippen LogP contribution < -0.4 is 0 Å². The van der Waals surface area contributed by atoms with Crippen molar-refractivity contribution >= 4 is 36.6 Å². The standard InChI is InChI=1S/C29H22FO2S/c1-29(17-16-22-24(29)11-7-12-25(22)30)32-28(31)19-14-15-27-23(18-19)21-10-5-6-13-26(21)33(27)20-8-3-2-4-9-20/h2-15,18H,16-17H2,1H3/q+1. The zero-order valence-corrected chi connectivity index (χ0v) is 19.0. The first-order valence-corrected chi connectivity index (χ1v) is 12.3. The quantitative estimate of drug-likeness (QED) is 0.205. The molecule has 1 aromatic heterocycles. The minimum atomic E-state index is -0.820. The van der Waals surface area contributed by atoms with Gasteiger partial charge in [-0.15, -0.1) is 0 Å². The Balaban J connectivity index is 1.43. The molecule has 33 heavy (non-hydrogen) atoms. The highest BCUT2D eigenvalue weighted by Crippen LogP contribution is 2.48. The molecule has 2 atom stereocenters. The molecule has 2 nitrogen and oxygen atoms in total. The van der Waals surface area contributed by atoms with Crippen molar-refractivity contribution in [2.24, 2.45) is 0 Å². The SMILES string of the molecule is CC1(OC(=O)c2ccc3c(c2)c2ccccc2[s+]3-c2ccccc2)CCc2c(F)cccc21. The highest BCUT2D eigenvalue weighted by molar-refractivity contribution is 7.50. The topological polar surface area (TPSA) is 26.3 Å². The maximum atomic E-state index is 14.2. The number of carbonyl (C=O) groups excluding carboxylic acids is 1. The van der Waals surface area contributed by atoms with Crippen LogP contribution in [-0.4, -0.2) is 5.97 Å². The van der Waals surface area contributed by atoms with Crippen LogP contribution in [0, 0.1) is 5.82 Å². The summed E-state index contributed by atoms with van der Waals surface area (Å²) in [5.41, 5.74) is 1.13.